The maximum atomic E-state index is 6.53. The molecule has 1 atom stereocenters. The summed E-state index contributed by atoms with van der Waals surface area (Å²) in [4.78, 5) is 0. The fourth-order valence-corrected chi connectivity index (χ4v) is 7.77. The number of nitrogens with zero attached hydrogens (tertiary/aromatic N) is 1. The van der Waals surface area contributed by atoms with Crippen molar-refractivity contribution in [3.8, 4) is 27.9 Å². The van der Waals surface area contributed by atoms with Gasteiger partial charge in [-0.25, -0.2) is 0 Å². The molecule has 0 amide bonds. The van der Waals surface area contributed by atoms with Crippen molar-refractivity contribution in [3.63, 3.8) is 0 Å². The van der Waals surface area contributed by atoms with E-state index in [0.29, 0.717) is 5.92 Å². The van der Waals surface area contributed by atoms with Gasteiger partial charge in [0.15, 0.2) is 0 Å². The highest BCUT2D eigenvalue weighted by molar-refractivity contribution is 6.11. The molecular formula is C40H31NO. The first-order valence-corrected chi connectivity index (χ1v) is 15.0. The third-order valence-corrected chi connectivity index (χ3v) is 9.83. The fourth-order valence-electron chi connectivity index (χ4n) is 7.77. The number of aromatic nitrogens is 1. The zero-order valence-corrected chi connectivity index (χ0v) is 24.1. The lowest BCUT2D eigenvalue weighted by Gasteiger charge is -2.21. The van der Waals surface area contributed by atoms with Crippen molar-refractivity contribution in [1.29, 1.82) is 0 Å². The van der Waals surface area contributed by atoms with E-state index in [1.54, 1.807) is 0 Å². The lowest BCUT2D eigenvalue weighted by atomic mass is 9.82. The third-order valence-electron chi connectivity index (χ3n) is 9.83. The van der Waals surface area contributed by atoms with E-state index in [-0.39, 0.29) is 5.41 Å². The second-order valence-corrected chi connectivity index (χ2v) is 12.6. The Morgan fingerprint density at radius 2 is 1.48 bits per heavy atom. The molecule has 7 aromatic rings. The Morgan fingerprint density at radius 3 is 2.40 bits per heavy atom. The molecule has 0 saturated carbocycles. The molecule has 0 radical (unpaired) electrons. The molecule has 2 aliphatic rings. The lowest BCUT2D eigenvalue weighted by Crippen LogP contribution is -2.14. The smallest absolute Gasteiger partial charge is 0.142 e. The van der Waals surface area contributed by atoms with Gasteiger partial charge in [0.2, 0.25) is 0 Å². The highest BCUT2D eigenvalue weighted by Crippen LogP contribution is 2.51. The first-order valence-electron chi connectivity index (χ1n) is 15.0. The van der Waals surface area contributed by atoms with Crippen molar-refractivity contribution in [2.75, 3.05) is 0 Å². The molecule has 2 nitrogen and oxygen atoms in total. The maximum Gasteiger partial charge on any atom is 0.142 e. The molecule has 0 bridgehead atoms. The van der Waals surface area contributed by atoms with E-state index in [2.05, 4.69) is 141 Å². The normalized spacial score (nSPS) is 16.7. The van der Waals surface area contributed by atoms with Gasteiger partial charge in [-0.2, -0.15) is 0 Å². The maximum absolute atomic E-state index is 6.53. The van der Waals surface area contributed by atoms with Crippen molar-refractivity contribution in [1.82, 2.24) is 4.57 Å². The summed E-state index contributed by atoms with van der Waals surface area (Å²) in [7, 11) is 0. The number of furan rings is 1. The Kier molecular flexibility index (Phi) is 4.75. The standard InChI is InChI=1S/C40H31NO/c1-24-11-8-20-37-38(24)30-17-10-16-27(39(30)42-37)25-12-9-13-26(21-25)41-35-19-7-5-15-29(35)32-22-31-28-14-4-6-18-33(28)40(2,3)34(31)23-36(32)41/h4-10,12-24H,11H2,1-3H3. The van der Waals surface area contributed by atoms with Crippen LogP contribution in [-0.2, 0) is 5.41 Å². The predicted octanol–water partition coefficient (Wildman–Crippen LogP) is 11.0. The zero-order chi connectivity index (χ0) is 28.2. The Balaban J connectivity index is 1.29. The molecule has 42 heavy (non-hydrogen) atoms. The molecule has 0 saturated heterocycles. The Bertz CT molecular complexity index is 2270. The van der Waals surface area contributed by atoms with Crippen LogP contribution >= 0.6 is 0 Å². The minimum Gasteiger partial charge on any atom is -0.456 e. The van der Waals surface area contributed by atoms with Crippen molar-refractivity contribution in [2.24, 2.45) is 0 Å². The summed E-state index contributed by atoms with van der Waals surface area (Å²) in [6.07, 6.45) is 5.43. The Labute approximate surface area is 245 Å². The average molecular weight is 542 g/mol. The molecule has 9 rings (SSSR count). The van der Waals surface area contributed by atoms with Crippen LogP contribution in [-0.4, -0.2) is 4.57 Å². The van der Waals surface area contributed by atoms with E-state index in [0.717, 1.165) is 29.0 Å². The van der Waals surface area contributed by atoms with Crippen LogP contribution in [0.25, 0.3) is 66.8 Å². The molecule has 202 valence electrons. The number of para-hydroxylation sites is 2. The lowest BCUT2D eigenvalue weighted by molar-refractivity contribution is 0.587. The second-order valence-electron chi connectivity index (χ2n) is 12.6. The second kappa shape index (κ2) is 8.36. The van der Waals surface area contributed by atoms with Crippen LogP contribution < -0.4 is 0 Å². The van der Waals surface area contributed by atoms with Crippen LogP contribution in [0.4, 0.5) is 0 Å². The van der Waals surface area contributed by atoms with Crippen LogP contribution in [0.5, 0.6) is 0 Å². The van der Waals surface area contributed by atoms with Crippen molar-refractivity contribution < 1.29 is 4.42 Å². The number of allylic oxidation sites excluding steroid dienone is 1. The summed E-state index contributed by atoms with van der Waals surface area (Å²) < 4.78 is 8.98. The summed E-state index contributed by atoms with van der Waals surface area (Å²) >= 11 is 0. The van der Waals surface area contributed by atoms with Gasteiger partial charge in [-0.1, -0.05) is 99.6 Å². The average Bonchev–Trinajstić information content (AvgIpc) is 3.63. The summed E-state index contributed by atoms with van der Waals surface area (Å²) in [5.74, 6) is 1.47. The molecular weight excluding hydrogens is 510 g/mol. The van der Waals surface area contributed by atoms with Crippen LogP contribution in [0, 0.1) is 0 Å². The minimum absolute atomic E-state index is 0.0527. The topological polar surface area (TPSA) is 18.1 Å². The highest BCUT2D eigenvalue weighted by Gasteiger charge is 2.36. The molecule has 1 unspecified atom stereocenters. The van der Waals surface area contributed by atoms with Gasteiger partial charge in [-0.3, -0.25) is 0 Å². The van der Waals surface area contributed by atoms with Gasteiger partial charge in [0.1, 0.15) is 11.3 Å². The van der Waals surface area contributed by atoms with Gasteiger partial charge in [-0.05, 0) is 76.6 Å². The zero-order valence-electron chi connectivity index (χ0n) is 24.1. The number of benzene rings is 5. The molecule has 2 aliphatic carbocycles. The summed E-state index contributed by atoms with van der Waals surface area (Å²) in [5.41, 5.74) is 13.7. The Hall–Kier alpha value is -4.82. The van der Waals surface area contributed by atoms with E-state index in [4.69, 9.17) is 4.42 Å². The molecule has 2 heterocycles. The largest absolute Gasteiger partial charge is 0.456 e. The SMILES string of the molecule is CC1CC=Cc2oc3c(-c4cccc(-n5c6ccccc6c6cc7c(cc65)C(C)(C)c5ccccc5-7)c4)cccc3c21. The van der Waals surface area contributed by atoms with E-state index < -0.39 is 0 Å². The van der Waals surface area contributed by atoms with Gasteiger partial charge < -0.3 is 8.98 Å². The summed E-state index contributed by atoms with van der Waals surface area (Å²) in [5, 5.41) is 3.81. The molecule has 2 aromatic heterocycles. The minimum atomic E-state index is -0.0527. The predicted molar refractivity (Wildman–Crippen MR) is 176 cm³/mol. The van der Waals surface area contributed by atoms with Crippen LogP contribution in [0.15, 0.2) is 114 Å². The molecule has 0 spiro atoms. The molecule has 2 heteroatoms. The molecule has 0 N–H and O–H groups in total. The van der Waals surface area contributed by atoms with Crippen LogP contribution in [0.1, 0.15) is 55.6 Å². The van der Waals surface area contributed by atoms with E-state index in [9.17, 15) is 0 Å². The summed E-state index contributed by atoms with van der Waals surface area (Å²) in [6, 6.07) is 38.2. The number of hydrogen-bond acceptors (Lipinski definition) is 1. The molecule has 5 aromatic carbocycles. The van der Waals surface area contributed by atoms with Gasteiger partial charge in [-0.15, -0.1) is 0 Å². The molecule has 0 fully saturated rings. The van der Waals surface area contributed by atoms with Gasteiger partial charge in [0.25, 0.3) is 0 Å². The monoisotopic (exact) mass is 541 g/mol. The van der Waals surface area contributed by atoms with Gasteiger partial charge in [0, 0.05) is 38.4 Å². The van der Waals surface area contributed by atoms with E-state index >= 15 is 0 Å². The number of hydrogen-bond donors (Lipinski definition) is 0. The van der Waals surface area contributed by atoms with Gasteiger partial charge in [0.05, 0.1) is 11.0 Å². The summed E-state index contributed by atoms with van der Waals surface area (Å²) in [6.45, 7) is 7.01. The van der Waals surface area contributed by atoms with Crippen molar-refractivity contribution >= 4 is 38.9 Å². The first kappa shape index (κ1) is 23.8. The first-order chi connectivity index (χ1) is 20.5. The highest BCUT2D eigenvalue weighted by atomic mass is 16.3. The van der Waals surface area contributed by atoms with Crippen LogP contribution in [0.2, 0.25) is 0 Å². The van der Waals surface area contributed by atoms with Crippen molar-refractivity contribution in [3.05, 3.63) is 132 Å². The molecule has 0 aliphatic heterocycles. The van der Waals surface area contributed by atoms with Crippen LogP contribution in [0.3, 0.4) is 0 Å². The fraction of sp³-hybridized carbons (Fsp3) is 0.150. The third kappa shape index (κ3) is 3.10. The van der Waals surface area contributed by atoms with E-state index in [1.165, 1.54) is 60.6 Å². The Morgan fingerprint density at radius 1 is 0.690 bits per heavy atom. The van der Waals surface area contributed by atoms with Gasteiger partial charge >= 0.3 is 0 Å². The quantitative estimate of drug-likeness (QED) is 0.213. The van der Waals surface area contributed by atoms with E-state index in [1.807, 2.05) is 0 Å². The number of rotatable bonds is 2. The number of fused-ring (bicyclic) bond motifs is 9. The van der Waals surface area contributed by atoms with Crippen molar-refractivity contribution in [2.45, 2.75) is 38.5 Å².